The lowest BCUT2D eigenvalue weighted by Gasteiger charge is -2.15. The quantitative estimate of drug-likeness (QED) is 0.181. The van der Waals surface area contributed by atoms with Crippen LogP contribution >= 0.6 is 11.8 Å². The van der Waals surface area contributed by atoms with Crippen LogP contribution in [0.15, 0.2) is 65.8 Å². The van der Waals surface area contributed by atoms with Gasteiger partial charge in [0.05, 0.1) is 24.5 Å². The Balaban J connectivity index is 1.36. The van der Waals surface area contributed by atoms with Crippen molar-refractivity contribution in [2.75, 3.05) is 19.5 Å². The maximum absolute atomic E-state index is 13.4. The van der Waals surface area contributed by atoms with Crippen molar-refractivity contribution in [3.05, 3.63) is 83.2 Å². The molecule has 8 heteroatoms. The minimum atomic E-state index is 0.0955. The average Bonchev–Trinajstić information content (AvgIpc) is 3.67. The molecule has 0 bridgehead atoms. The van der Waals surface area contributed by atoms with Gasteiger partial charge in [0.2, 0.25) is 0 Å². The number of methoxy groups -OCH3 is 1. The van der Waals surface area contributed by atoms with Crippen molar-refractivity contribution in [3.63, 3.8) is 0 Å². The fourth-order valence-corrected chi connectivity index (χ4v) is 5.92. The molecule has 0 amide bonds. The fraction of sp³-hybridized carbons (Fsp3) is 0.367. The molecule has 2 aromatic carbocycles. The van der Waals surface area contributed by atoms with Gasteiger partial charge in [-0.2, -0.15) is 0 Å². The first-order valence-electron chi connectivity index (χ1n) is 13.1. The van der Waals surface area contributed by atoms with Gasteiger partial charge in [0.25, 0.3) is 0 Å². The number of ketones is 1. The second kappa shape index (κ2) is 12.0. The highest BCUT2D eigenvalue weighted by Crippen LogP contribution is 2.32. The lowest BCUT2D eigenvalue weighted by atomic mass is 10.1. The van der Waals surface area contributed by atoms with Gasteiger partial charge in [0.1, 0.15) is 5.75 Å². The van der Waals surface area contributed by atoms with Crippen LogP contribution in [0.25, 0.3) is 11.4 Å². The molecule has 0 radical (unpaired) electrons. The minimum Gasteiger partial charge on any atom is -0.496 e. The lowest BCUT2D eigenvalue weighted by Crippen LogP contribution is -2.17. The number of aromatic nitrogens is 4. The highest BCUT2D eigenvalue weighted by molar-refractivity contribution is 7.99. The first kappa shape index (κ1) is 26.3. The van der Waals surface area contributed by atoms with E-state index in [4.69, 9.17) is 9.47 Å². The molecule has 1 atom stereocenters. The van der Waals surface area contributed by atoms with Crippen molar-refractivity contribution in [3.8, 4) is 17.1 Å². The summed E-state index contributed by atoms with van der Waals surface area (Å²) < 4.78 is 15.8. The molecule has 1 aliphatic heterocycles. The van der Waals surface area contributed by atoms with Crippen LogP contribution in [-0.2, 0) is 24.2 Å². The summed E-state index contributed by atoms with van der Waals surface area (Å²) >= 11 is 1.44. The smallest absolute Gasteiger partial charge is 0.191 e. The van der Waals surface area contributed by atoms with Gasteiger partial charge in [0.15, 0.2) is 16.8 Å². The largest absolute Gasteiger partial charge is 0.496 e. The van der Waals surface area contributed by atoms with E-state index < -0.39 is 0 Å². The van der Waals surface area contributed by atoms with Crippen molar-refractivity contribution in [1.82, 2.24) is 19.3 Å². The summed E-state index contributed by atoms with van der Waals surface area (Å²) in [5, 5.41) is 9.77. The molecule has 0 N–H and O–H groups in total. The maximum atomic E-state index is 13.4. The molecule has 1 saturated heterocycles. The zero-order valence-electron chi connectivity index (χ0n) is 22.2. The summed E-state index contributed by atoms with van der Waals surface area (Å²) in [5.74, 6) is 1.87. The maximum Gasteiger partial charge on any atom is 0.191 e. The van der Waals surface area contributed by atoms with E-state index in [1.165, 1.54) is 17.3 Å². The Kier molecular flexibility index (Phi) is 8.29. The second-order valence-corrected chi connectivity index (χ2v) is 10.6. The third-order valence-electron chi connectivity index (χ3n) is 7.15. The van der Waals surface area contributed by atoms with E-state index in [0.29, 0.717) is 12.3 Å². The van der Waals surface area contributed by atoms with Crippen molar-refractivity contribution < 1.29 is 14.3 Å². The molecular weight excluding hydrogens is 496 g/mol. The summed E-state index contributed by atoms with van der Waals surface area (Å²) in [5.41, 5.74) is 4.98. The Morgan fingerprint density at radius 3 is 2.63 bits per heavy atom. The molecule has 1 fully saturated rings. The van der Waals surface area contributed by atoms with Crippen LogP contribution in [0.4, 0.5) is 0 Å². The van der Waals surface area contributed by atoms with Gasteiger partial charge in [-0.1, -0.05) is 54.2 Å². The van der Waals surface area contributed by atoms with Crippen LogP contribution in [0, 0.1) is 13.8 Å². The topological polar surface area (TPSA) is 71.2 Å². The SMILES string of the molecule is COc1ccccc1-c1nnc(SCC(=O)c2cc(C)n(C[C@@H]3CCCO3)c2C)n1CCc1ccccc1. The van der Waals surface area contributed by atoms with Gasteiger partial charge >= 0.3 is 0 Å². The van der Waals surface area contributed by atoms with Crippen LogP contribution in [-0.4, -0.2) is 50.7 Å². The van der Waals surface area contributed by atoms with Crippen molar-refractivity contribution in [2.24, 2.45) is 0 Å². The molecule has 0 spiro atoms. The van der Waals surface area contributed by atoms with Crippen LogP contribution in [0.3, 0.4) is 0 Å². The molecular formula is C30H34N4O3S. The summed E-state index contributed by atoms with van der Waals surface area (Å²) in [7, 11) is 1.66. The lowest BCUT2D eigenvalue weighted by molar-refractivity contribution is 0.0957. The van der Waals surface area contributed by atoms with E-state index >= 15 is 0 Å². The van der Waals surface area contributed by atoms with Crippen LogP contribution in [0.2, 0.25) is 0 Å². The Hall–Kier alpha value is -3.36. The molecule has 5 rings (SSSR count). The van der Waals surface area contributed by atoms with E-state index in [-0.39, 0.29) is 11.9 Å². The monoisotopic (exact) mass is 530 g/mol. The van der Waals surface area contributed by atoms with Crippen LogP contribution in [0.1, 0.15) is 40.2 Å². The molecule has 1 aliphatic rings. The van der Waals surface area contributed by atoms with Gasteiger partial charge in [0, 0.05) is 36.6 Å². The van der Waals surface area contributed by atoms with E-state index in [1.807, 2.05) is 55.5 Å². The molecule has 7 nitrogen and oxygen atoms in total. The van der Waals surface area contributed by atoms with Crippen molar-refractivity contribution >= 4 is 17.5 Å². The van der Waals surface area contributed by atoms with Crippen molar-refractivity contribution in [1.29, 1.82) is 0 Å². The predicted molar refractivity (Wildman–Crippen MR) is 150 cm³/mol. The summed E-state index contributed by atoms with van der Waals surface area (Å²) in [6.45, 7) is 6.41. The number of carbonyl (C=O) groups is 1. The zero-order valence-corrected chi connectivity index (χ0v) is 23.0. The van der Waals surface area contributed by atoms with Crippen molar-refractivity contribution in [2.45, 2.75) is 57.5 Å². The van der Waals surface area contributed by atoms with E-state index in [2.05, 4.69) is 38.4 Å². The second-order valence-electron chi connectivity index (χ2n) is 9.64. The average molecular weight is 531 g/mol. The summed E-state index contributed by atoms with van der Waals surface area (Å²) in [6.07, 6.45) is 3.23. The first-order chi connectivity index (χ1) is 18.5. The van der Waals surface area contributed by atoms with Crippen LogP contribution < -0.4 is 4.74 Å². The Morgan fingerprint density at radius 1 is 1.08 bits per heavy atom. The number of hydrogen-bond acceptors (Lipinski definition) is 6. The number of hydrogen-bond donors (Lipinski definition) is 0. The van der Waals surface area contributed by atoms with Gasteiger partial charge in [-0.05, 0) is 56.9 Å². The van der Waals surface area contributed by atoms with E-state index in [0.717, 1.165) is 71.7 Å². The fourth-order valence-electron chi connectivity index (χ4n) is 5.08. The molecule has 0 aliphatic carbocycles. The van der Waals surface area contributed by atoms with E-state index in [9.17, 15) is 4.79 Å². The van der Waals surface area contributed by atoms with Gasteiger partial charge in [-0.3, -0.25) is 4.79 Å². The normalized spacial score (nSPS) is 15.2. The van der Waals surface area contributed by atoms with Gasteiger partial charge in [-0.15, -0.1) is 10.2 Å². The number of ether oxygens (including phenoxy) is 2. The Bertz CT molecular complexity index is 1390. The number of thioether (sulfide) groups is 1. The number of para-hydroxylation sites is 1. The first-order valence-corrected chi connectivity index (χ1v) is 14.1. The third kappa shape index (κ3) is 5.71. The standard InChI is InChI=1S/C30H34N4O3S/c1-21-18-26(22(2)34(21)19-24-12-9-17-37-24)27(35)20-38-30-32-31-29(25-13-7-8-14-28(25)36-3)33(30)16-15-23-10-5-4-6-11-23/h4-8,10-11,13-14,18,24H,9,12,15-17,19-20H2,1-3H3/t24-/m0/s1. The molecule has 38 heavy (non-hydrogen) atoms. The Labute approximate surface area is 228 Å². The third-order valence-corrected chi connectivity index (χ3v) is 8.12. The summed E-state index contributed by atoms with van der Waals surface area (Å²) in [6, 6.07) is 20.2. The number of carbonyl (C=O) groups excluding carboxylic acids is 1. The number of rotatable bonds is 11. The highest BCUT2D eigenvalue weighted by atomic mass is 32.2. The number of nitrogens with zero attached hydrogens (tertiary/aromatic N) is 4. The molecule has 2 aromatic heterocycles. The Morgan fingerprint density at radius 2 is 1.87 bits per heavy atom. The molecule has 4 aromatic rings. The summed E-state index contributed by atoms with van der Waals surface area (Å²) in [4.78, 5) is 13.4. The molecule has 0 unspecified atom stereocenters. The zero-order chi connectivity index (χ0) is 26.5. The number of aryl methyl sites for hydroxylation is 2. The van der Waals surface area contributed by atoms with Gasteiger partial charge in [-0.25, -0.2) is 0 Å². The number of Topliss-reactive ketones (excluding diaryl/α,β-unsaturated/α-hetero) is 1. The highest BCUT2D eigenvalue weighted by Gasteiger charge is 2.23. The number of benzene rings is 2. The predicted octanol–water partition coefficient (Wildman–Crippen LogP) is 5.77. The molecule has 198 valence electrons. The molecule has 0 saturated carbocycles. The van der Waals surface area contributed by atoms with Crippen LogP contribution in [0.5, 0.6) is 5.75 Å². The minimum absolute atomic E-state index is 0.0955. The van der Waals surface area contributed by atoms with E-state index in [1.54, 1.807) is 7.11 Å². The molecule has 3 heterocycles. The van der Waals surface area contributed by atoms with Gasteiger partial charge < -0.3 is 18.6 Å².